The van der Waals surface area contributed by atoms with Gasteiger partial charge in [0, 0.05) is 12.1 Å². The Hall–Kier alpha value is -0.480. The highest BCUT2D eigenvalue weighted by Crippen LogP contribution is 2.50. The number of rotatable bonds is 1. The molecule has 2 fully saturated rings. The fourth-order valence-electron chi connectivity index (χ4n) is 3.31. The number of nitrogens with one attached hydrogen (secondary N) is 1. The van der Waals surface area contributed by atoms with Crippen LogP contribution in [0.4, 0.5) is 4.79 Å². The maximum absolute atomic E-state index is 11.7. The van der Waals surface area contributed by atoms with Crippen molar-refractivity contribution in [2.45, 2.75) is 77.0 Å². The van der Waals surface area contributed by atoms with Crippen LogP contribution in [0.3, 0.4) is 0 Å². The Labute approximate surface area is 122 Å². The predicted octanol–water partition coefficient (Wildman–Crippen LogP) is 2.98. The van der Waals surface area contributed by atoms with E-state index in [0.29, 0.717) is 11.5 Å². The molecule has 2 rings (SSSR count). The number of hydrogen-bond acceptors (Lipinski definition) is 3. The molecule has 0 aromatic rings. The zero-order valence-corrected chi connectivity index (χ0v) is 13.0. The summed E-state index contributed by atoms with van der Waals surface area (Å²) in [6.45, 7) is 5.66. The molecule has 0 unspecified atom stereocenters. The molecule has 2 saturated carbocycles. The van der Waals surface area contributed by atoms with Gasteiger partial charge in [0.25, 0.3) is 0 Å². The first-order valence-electron chi connectivity index (χ1n) is 7.03. The van der Waals surface area contributed by atoms with E-state index < -0.39 is 5.60 Å². The van der Waals surface area contributed by atoms with Gasteiger partial charge in [0.05, 0.1) is 0 Å². The summed E-state index contributed by atoms with van der Waals surface area (Å²) < 4.78 is 5.28. The van der Waals surface area contributed by atoms with Crippen molar-refractivity contribution in [1.29, 1.82) is 0 Å². The SMILES string of the molecule is CC(C)(C)OC(=O)NC1CCC2(CC1)CC(N)C2.Cl. The van der Waals surface area contributed by atoms with Gasteiger partial charge in [-0.3, -0.25) is 0 Å². The van der Waals surface area contributed by atoms with E-state index in [1.54, 1.807) is 0 Å². The van der Waals surface area contributed by atoms with Gasteiger partial charge >= 0.3 is 6.09 Å². The fraction of sp³-hybridized carbons (Fsp3) is 0.929. The van der Waals surface area contributed by atoms with Crippen LogP contribution < -0.4 is 11.1 Å². The Bertz CT molecular complexity index is 312. The second-order valence-electron chi connectivity index (χ2n) is 7.09. The summed E-state index contributed by atoms with van der Waals surface area (Å²) in [5.74, 6) is 0. The molecular formula is C14H27ClN2O2. The van der Waals surface area contributed by atoms with Crippen molar-refractivity contribution in [3.8, 4) is 0 Å². The molecule has 2 aliphatic rings. The number of hydrogen-bond donors (Lipinski definition) is 2. The monoisotopic (exact) mass is 290 g/mol. The van der Waals surface area contributed by atoms with Crippen LogP contribution >= 0.6 is 12.4 Å². The first-order chi connectivity index (χ1) is 8.28. The molecule has 1 spiro atoms. The van der Waals surface area contributed by atoms with Crippen molar-refractivity contribution >= 4 is 18.5 Å². The highest BCUT2D eigenvalue weighted by Gasteiger charge is 2.44. The summed E-state index contributed by atoms with van der Waals surface area (Å²) >= 11 is 0. The molecule has 0 bridgehead atoms. The first kappa shape index (κ1) is 16.6. The number of alkyl carbamates (subject to hydrolysis) is 1. The zero-order valence-electron chi connectivity index (χ0n) is 12.2. The van der Waals surface area contributed by atoms with Gasteiger partial charge in [0.15, 0.2) is 0 Å². The molecule has 112 valence electrons. The fourth-order valence-corrected chi connectivity index (χ4v) is 3.31. The van der Waals surface area contributed by atoms with Crippen molar-refractivity contribution in [1.82, 2.24) is 5.32 Å². The van der Waals surface area contributed by atoms with Gasteiger partial charge in [0.1, 0.15) is 5.60 Å². The van der Waals surface area contributed by atoms with Crippen LogP contribution in [0.25, 0.3) is 0 Å². The molecule has 1 amide bonds. The van der Waals surface area contributed by atoms with E-state index in [1.165, 1.54) is 25.7 Å². The molecule has 3 N–H and O–H groups in total. The van der Waals surface area contributed by atoms with Crippen molar-refractivity contribution in [2.75, 3.05) is 0 Å². The molecule has 5 heteroatoms. The number of ether oxygens (including phenoxy) is 1. The van der Waals surface area contributed by atoms with E-state index >= 15 is 0 Å². The maximum atomic E-state index is 11.7. The highest BCUT2D eigenvalue weighted by molar-refractivity contribution is 5.85. The van der Waals surface area contributed by atoms with E-state index in [-0.39, 0.29) is 24.5 Å². The smallest absolute Gasteiger partial charge is 0.407 e. The summed E-state index contributed by atoms with van der Waals surface area (Å²) in [6, 6.07) is 0.697. The molecule has 19 heavy (non-hydrogen) atoms. The molecule has 0 aromatic carbocycles. The van der Waals surface area contributed by atoms with Crippen LogP contribution in [-0.2, 0) is 4.74 Å². The summed E-state index contributed by atoms with van der Waals surface area (Å²) in [6.07, 6.45) is 6.58. The van der Waals surface area contributed by atoms with Crippen LogP contribution in [0, 0.1) is 5.41 Å². The Kier molecular flexibility index (Phi) is 5.13. The van der Waals surface area contributed by atoms with Crippen molar-refractivity contribution in [3.05, 3.63) is 0 Å². The number of nitrogens with two attached hydrogens (primary N) is 1. The molecule has 0 saturated heterocycles. The van der Waals surface area contributed by atoms with Gasteiger partial charge in [-0.25, -0.2) is 4.79 Å². The molecule has 0 atom stereocenters. The van der Waals surface area contributed by atoms with Crippen LogP contribution in [0.5, 0.6) is 0 Å². The summed E-state index contributed by atoms with van der Waals surface area (Å²) in [7, 11) is 0. The van der Waals surface area contributed by atoms with Gasteiger partial charge < -0.3 is 15.8 Å². The van der Waals surface area contributed by atoms with E-state index in [9.17, 15) is 4.79 Å². The van der Waals surface area contributed by atoms with Gasteiger partial charge in [-0.2, -0.15) is 0 Å². The molecular weight excluding hydrogens is 264 g/mol. The normalized spacial score (nSPS) is 34.1. The molecule has 0 aliphatic heterocycles. The number of halogens is 1. The lowest BCUT2D eigenvalue weighted by Crippen LogP contribution is -2.50. The Balaban J connectivity index is 0.00000180. The lowest BCUT2D eigenvalue weighted by molar-refractivity contribution is 0.0301. The first-order valence-corrected chi connectivity index (χ1v) is 7.03. The standard InChI is InChI=1S/C14H26N2O2.ClH/c1-13(2,3)18-12(17)16-11-4-6-14(7-5-11)8-10(15)9-14;/h10-11H,4-9,15H2,1-3H3,(H,16,17);1H. The summed E-state index contributed by atoms with van der Waals surface area (Å²) in [5.41, 5.74) is 5.97. The average molecular weight is 291 g/mol. The second-order valence-corrected chi connectivity index (χ2v) is 7.09. The minimum absolute atomic E-state index is 0. The van der Waals surface area contributed by atoms with Gasteiger partial charge in [0.2, 0.25) is 0 Å². The average Bonchev–Trinajstić information content (AvgIpc) is 2.16. The number of carbonyl (C=O) groups excluding carboxylic acids is 1. The second kappa shape index (κ2) is 5.88. The third-order valence-corrected chi connectivity index (χ3v) is 4.16. The molecule has 0 aromatic heterocycles. The van der Waals surface area contributed by atoms with Crippen LogP contribution in [0.1, 0.15) is 59.3 Å². The van der Waals surface area contributed by atoms with Crippen molar-refractivity contribution in [3.63, 3.8) is 0 Å². The Morgan fingerprint density at radius 1 is 1.26 bits per heavy atom. The Morgan fingerprint density at radius 2 is 1.79 bits per heavy atom. The van der Waals surface area contributed by atoms with Gasteiger partial charge in [-0.05, 0) is 64.7 Å². The van der Waals surface area contributed by atoms with Gasteiger partial charge in [-0.15, -0.1) is 12.4 Å². The summed E-state index contributed by atoms with van der Waals surface area (Å²) in [4.78, 5) is 11.7. The third-order valence-electron chi connectivity index (χ3n) is 4.16. The predicted molar refractivity (Wildman–Crippen MR) is 78.5 cm³/mol. The van der Waals surface area contributed by atoms with Gasteiger partial charge in [-0.1, -0.05) is 0 Å². The lowest BCUT2D eigenvalue weighted by atomic mass is 9.58. The minimum Gasteiger partial charge on any atom is -0.444 e. The largest absolute Gasteiger partial charge is 0.444 e. The molecule has 0 radical (unpaired) electrons. The maximum Gasteiger partial charge on any atom is 0.407 e. The molecule has 0 heterocycles. The van der Waals surface area contributed by atoms with Crippen molar-refractivity contribution in [2.24, 2.45) is 11.1 Å². The third kappa shape index (κ3) is 4.53. The van der Waals surface area contributed by atoms with E-state index in [1.807, 2.05) is 20.8 Å². The summed E-state index contributed by atoms with van der Waals surface area (Å²) in [5, 5.41) is 2.98. The number of carbonyl (C=O) groups is 1. The van der Waals surface area contributed by atoms with E-state index in [2.05, 4.69) is 5.32 Å². The lowest BCUT2D eigenvalue weighted by Gasteiger charge is -2.50. The van der Waals surface area contributed by atoms with Crippen molar-refractivity contribution < 1.29 is 9.53 Å². The molecule has 2 aliphatic carbocycles. The Morgan fingerprint density at radius 3 is 2.21 bits per heavy atom. The number of amides is 1. The zero-order chi connectivity index (χ0) is 13.4. The van der Waals surface area contributed by atoms with Crippen LogP contribution in [0.15, 0.2) is 0 Å². The highest BCUT2D eigenvalue weighted by atomic mass is 35.5. The van der Waals surface area contributed by atoms with Crippen LogP contribution in [0.2, 0.25) is 0 Å². The topological polar surface area (TPSA) is 64.3 Å². The van der Waals surface area contributed by atoms with Crippen LogP contribution in [-0.4, -0.2) is 23.8 Å². The minimum atomic E-state index is -0.416. The van der Waals surface area contributed by atoms with E-state index in [0.717, 1.165) is 12.8 Å². The molecule has 4 nitrogen and oxygen atoms in total. The quantitative estimate of drug-likeness (QED) is 0.780. The van der Waals surface area contributed by atoms with E-state index in [4.69, 9.17) is 10.5 Å².